The molecule has 1 heterocycles. The van der Waals surface area contributed by atoms with Gasteiger partial charge in [-0.15, -0.1) is 0 Å². The molecule has 1 aromatic carbocycles. The summed E-state index contributed by atoms with van der Waals surface area (Å²) >= 11 is 0. The number of hydrogen-bond acceptors (Lipinski definition) is 2. The second kappa shape index (κ2) is 5.35. The molecule has 0 amide bonds. The molecule has 0 saturated carbocycles. The van der Waals surface area contributed by atoms with Gasteiger partial charge in [0.15, 0.2) is 0 Å². The van der Waals surface area contributed by atoms with E-state index >= 15 is 0 Å². The Morgan fingerprint density at radius 1 is 1.20 bits per heavy atom. The first-order valence-corrected chi connectivity index (χ1v) is 6.80. The van der Waals surface area contributed by atoms with Gasteiger partial charge in [-0.3, -0.25) is 0 Å². The molecule has 0 aliphatic carbocycles. The molecular formula is C16H20F2N2. The van der Waals surface area contributed by atoms with Crippen LogP contribution >= 0.6 is 0 Å². The number of benzene rings is 1. The van der Waals surface area contributed by atoms with Crippen molar-refractivity contribution < 1.29 is 8.78 Å². The molecule has 0 bridgehead atoms. The third-order valence-electron chi connectivity index (χ3n) is 3.29. The van der Waals surface area contributed by atoms with Crippen molar-refractivity contribution in [1.82, 2.24) is 4.98 Å². The highest BCUT2D eigenvalue weighted by molar-refractivity contribution is 5.92. The SMILES string of the molecule is CCNc1cc(C(F)F)nc2ccc(C(C)(C)C)cc12. The van der Waals surface area contributed by atoms with Crippen LogP contribution in [0, 0.1) is 0 Å². The van der Waals surface area contributed by atoms with Gasteiger partial charge in [0.25, 0.3) is 6.43 Å². The first-order chi connectivity index (χ1) is 9.32. The standard InChI is InChI=1S/C16H20F2N2/c1-5-19-13-9-14(15(17)18)20-12-7-6-10(8-11(12)13)16(2,3)4/h6-9,15H,5H2,1-4H3,(H,19,20). The lowest BCUT2D eigenvalue weighted by atomic mass is 9.86. The summed E-state index contributed by atoms with van der Waals surface area (Å²) in [6, 6.07) is 7.27. The molecule has 108 valence electrons. The van der Waals surface area contributed by atoms with Crippen LogP contribution in [-0.4, -0.2) is 11.5 Å². The van der Waals surface area contributed by atoms with Gasteiger partial charge in [-0.1, -0.05) is 26.8 Å². The first-order valence-electron chi connectivity index (χ1n) is 6.80. The molecule has 0 spiro atoms. The van der Waals surface area contributed by atoms with Gasteiger partial charge in [0.05, 0.1) is 5.52 Å². The number of hydrogen-bond donors (Lipinski definition) is 1. The fourth-order valence-electron chi connectivity index (χ4n) is 2.16. The highest BCUT2D eigenvalue weighted by Crippen LogP contribution is 2.31. The van der Waals surface area contributed by atoms with E-state index in [0.717, 1.165) is 16.6 Å². The van der Waals surface area contributed by atoms with Gasteiger partial charge in [0, 0.05) is 17.6 Å². The summed E-state index contributed by atoms with van der Waals surface area (Å²) in [6.45, 7) is 9.01. The Labute approximate surface area is 118 Å². The van der Waals surface area contributed by atoms with Crippen LogP contribution in [0.4, 0.5) is 14.5 Å². The van der Waals surface area contributed by atoms with Crippen LogP contribution in [0.1, 0.15) is 45.4 Å². The van der Waals surface area contributed by atoms with Crippen LogP contribution in [-0.2, 0) is 5.41 Å². The summed E-state index contributed by atoms with van der Waals surface area (Å²) in [6.07, 6.45) is -2.56. The van der Waals surface area contributed by atoms with E-state index in [1.165, 1.54) is 6.07 Å². The van der Waals surface area contributed by atoms with E-state index in [2.05, 4.69) is 31.1 Å². The molecule has 0 fully saturated rings. The minimum absolute atomic E-state index is 0.0130. The maximum atomic E-state index is 12.9. The normalized spacial score (nSPS) is 12.2. The molecule has 2 nitrogen and oxygen atoms in total. The zero-order valence-electron chi connectivity index (χ0n) is 12.3. The molecule has 0 aliphatic heterocycles. The zero-order chi connectivity index (χ0) is 14.9. The van der Waals surface area contributed by atoms with Gasteiger partial charge in [-0.05, 0) is 36.1 Å². The fraction of sp³-hybridized carbons (Fsp3) is 0.438. The molecule has 4 heteroatoms. The lowest BCUT2D eigenvalue weighted by Gasteiger charge is -2.20. The number of rotatable bonds is 3. The Bertz CT molecular complexity index is 616. The summed E-state index contributed by atoms with van der Waals surface area (Å²) < 4.78 is 25.8. The predicted molar refractivity (Wildman–Crippen MR) is 79.6 cm³/mol. The smallest absolute Gasteiger partial charge is 0.280 e. The predicted octanol–water partition coefficient (Wildman–Crippen LogP) is 4.90. The highest BCUT2D eigenvalue weighted by Gasteiger charge is 2.17. The summed E-state index contributed by atoms with van der Waals surface area (Å²) in [7, 11) is 0. The molecule has 0 radical (unpaired) electrons. The number of pyridine rings is 1. The van der Waals surface area contributed by atoms with Crippen LogP contribution in [0.15, 0.2) is 24.3 Å². The summed E-state index contributed by atoms with van der Waals surface area (Å²) in [5.74, 6) is 0. The first kappa shape index (κ1) is 14.7. The van der Waals surface area contributed by atoms with Crippen molar-refractivity contribution in [2.45, 2.75) is 39.5 Å². The molecule has 2 aromatic rings. The van der Waals surface area contributed by atoms with Crippen molar-refractivity contribution in [2.75, 3.05) is 11.9 Å². The Hall–Kier alpha value is -1.71. The number of fused-ring (bicyclic) bond motifs is 1. The molecule has 0 unspecified atom stereocenters. The van der Waals surface area contributed by atoms with Gasteiger partial charge in [0.1, 0.15) is 5.69 Å². The van der Waals surface area contributed by atoms with Crippen LogP contribution in [0.5, 0.6) is 0 Å². The van der Waals surface area contributed by atoms with Crippen LogP contribution in [0.25, 0.3) is 10.9 Å². The van der Waals surface area contributed by atoms with Gasteiger partial charge < -0.3 is 5.32 Å². The van der Waals surface area contributed by atoms with E-state index in [9.17, 15) is 8.78 Å². The molecule has 2 rings (SSSR count). The van der Waals surface area contributed by atoms with Crippen LogP contribution in [0.2, 0.25) is 0 Å². The van der Waals surface area contributed by atoms with Crippen molar-refractivity contribution in [2.24, 2.45) is 0 Å². The third kappa shape index (κ3) is 2.89. The second-order valence-electron chi connectivity index (χ2n) is 5.91. The number of nitrogens with one attached hydrogen (secondary N) is 1. The van der Waals surface area contributed by atoms with Crippen molar-refractivity contribution >= 4 is 16.6 Å². The second-order valence-corrected chi connectivity index (χ2v) is 5.91. The monoisotopic (exact) mass is 278 g/mol. The quantitative estimate of drug-likeness (QED) is 0.863. The average Bonchev–Trinajstić information content (AvgIpc) is 2.37. The van der Waals surface area contributed by atoms with Gasteiger partial charge in [0.2, 0.25) is 0 Å². The Morgan fingerprint density at radius 3 is 2.45 bits per heavy atom. The van der Waals surface area contributed by atoms with E-state index in [1.807, 2.05) is 25.1 Å². The lowest BCUT2D eigenvalue weighted by Crippen LogP contribution is -2.11. The highest BCUT2D eigenvalue weighted by atomic mass is 19.3. The van der Waals surface area contributed by atoms with E-state index in [0.29, 0.717) is 12.1 Å². The molecule has 1 N–H and O–H groups in total. The molecule has 1 aromatic heterocycles. The Balaban J connectivity index is 2.67. The van der Waals surface area contributed by atoms with E-state index in [1.54, 1.807) is 0 Å². The lowest BCUT2D eigenvalue weighted by molar-refractivity contribution is 0.146. The third-order valence-corrected chi connectivity index (χ3v) is 3.29. The maximum absolute atomic E-state index is 12.9. The van der Waals surface area contributed by atoms with Gasteiger partial charge in [-0.25, -0.2) is 13.8 Å². The van der Waals surface area contributed by atoms with Crippen molar-refractivity contribution in [3.05, 3.63) is 35.5 Å². The average molecular weight is 278 g/mol. The van der Waals surface area contributed by atoms with E-state index in [4.69, 9.17) is 0 Å². The van der Waals surface area contributed by atoms with E-state index in [-0.39, 0.29) is 11.1 Å². The van der Waals surface area contributed by atoms with Crippen LogP contribution in [0.3, 0.4) is 0 Å². The number of aromatic nitrogens is 1. The van der Waals surface area contributed by atoms with Gasteiger partial charge in [-0.2, -0.15) is 0 Å². The molecule has 20 heavy (non-hydrogen) atoms. The number of nitrogens with zero attached hydrogens (tertiary/aromatic N) is 1. The Morgan fingerprint density at radius 2 is 1.90 bits per heavy atom. The van der Waals surface area contributed by atoms with E-state index < -0.39 is 6.43 Å². The number of halogens is 2. The number of alkyl halides is 2. The minimum atomic E-state index is -2.56. The summed E-state index contributed by atoms with van der Waals surface area (Å²) in [4.78, 5) is 4.05. The van der Waals surface area contributed by atoms with Crippen LogP contribution < -0.4 is 5.32 Å². The topological polar surface area (TPSA) is 24.9 Å². The molecule has 0 saturated heterocycles. The molecule has 0 aliphatic rings. The Kier molecular flexibility index (Phi) is 3.93. The summed E-state index contributed by atoms with van der Waals surface area (Å²) in [5.41, 5.74) is 2.32. The van der Waals surface area contributed by atoms with Gasteiger partial charge >= 0.3 is 0 Å². The maximum Gasteiger partial charge on any atom is 0.280 e. The summed E-state index contributed by atoms with van der Waals surface area (Å²) in [5, 5.41) is 4.04. The molecule has 0 atom stereocenters. The van der Waals surface area contributed by atoms with Crippen molar-refractivity contribution in [3.8, 4) is 0 Å². The number of anilines is 1. The zero-order valence-corrected chi connectivity index (χ0v) is 12.3. The minimum Gasteiger partial charge on any atom is -0.385 e. The fourth-order valence-corrected chi connectivity index (χ4v) is 2.16. The molecular weight excluding hydrogens is 258 g/mol. The largest absolute Gasteiger partial charge is 0.385 e. The van der Waals surface area contributed by atoms with Crippen molar-refractivity contribution in [1.29, 1.82) is 0 Å². The van der Waals surface area contributed by atoms with Crippen molar-refractivity contribution in [3.63, 3.8) is 0 Å².